The van der Waals surface area contributed by atoms with Gasteiger partial charge >= 0.3 is 0 Å². The van der Waals surface area contributed by atoms with Crippen LogP contribution in [0.3, 0.4) is 0 Å². The third-order valence-corrected chi connectivity index (χ3v) is 7.35. The van der Waals surface area contributed by atoms with Gasteiger partial charge < -0.3 is 20.3 Å². The van der Waals surface area contributed by atoms with Crippen LogP contribution >= 0.6 is 11.6 Å². The Balaban J connectivity index is 1.41. The van der Waals surface area contributed by atoms with Gasteiger partial charge in [0, 0.05) is 51.5 Å². The molecule has 2 aliphatic rings. The fourth-order valence-corrected chi connectivity index (χ4v) is 5.27. The molecule has 0 amide bonds. The minimum absolute atomic E-state index is 0.147. The van der Waals surface area contributed by atoms with Crippen molar-refractivity contribution < 1.29 is 5.11 Å². The lowest BCUT2D eigenvalue weighted by atomic mass is 10.0. The lowest BCUT2D eigenvalue weighted by molar-refractivity contribution is 0.229. The maximum absolute atomic E-state index is 10.8. The first-order chi connectivity index (χ1) is 17.6. The van der Waals surface area contributed by atoms with Crippen molar-refractivity contribution >= 4 is 40.1 Å². The summed E-state index contributed by atoms with van der Waals surface area (Å²) in [5.74, 6) is 0.785. The SMILES string of the molecule is CCN1CCC(Nc2ccc3[nH]c(O)c(C=c4ccccc4=C4N=c5ccc(Cl)cc5=N4)c3c2)CC1. The van der Waals surface area contributed by atoms with E-state index in [1.54, 1.807) is 0 Å². The molecule has 0 aliphatic carbocycles. The average molecular weight is 498 g/mol. The fraction of sp³-hybridized carbons (Fsp3) is 0.241. The fourth-order valence-electron chi connectivity index (χ4n) is 5.10. The summed E-state index contributed by atoms with van der Waals surface area (Å²) in [6, 6.07) is 20.2. The highest BCUT2D eigenvalue weighted by molar-refractivity contribution is 6.30. The second-order valence-corrected chi connectivity index (χ2v) is 9.85. The van der Waals surface area contributed by atoms with Crippen molar-refractivity contribution in [2.24, 2.45) is 9.98 Å². The van der Waals surface area contributed by atoms with E-state index in [0.717, 1.165) is 75.8 Å². The minimum Gasteiger partial charge on any atom is -0.494 e. The lowest BCUT2D eigenvalue weighted by Crippen LogP contribution is -2.38. The molecule has 1 fully saturated rings. The highest BCUT2D eigenvalue weighted by atomic mass is 35.5. The topological polar surface area (TPSA) is 76.0 Å². The van der Waals surface area contributed by atoms with Crippen molar-refractivity contribution in [1.29, 1.82) is 0 Å². The molecule has 6 rings (SSSR count). The van der Waals surface area contributed by atoms with Gasteiger partial charge in [0.2, 0.25) is 0 Å². The molecule has 3 N–H and O–H groups in total. The molecular weight excluding hydrogens is 470 g/mol. The van der Waals surface area contributed by atoms with E-state index in [1.807, 2.05) is 54.6 Å². The quantitative estimate of drug-likeness (QED) is 0.405. The number of hydrogen-bond donors (Lipinski definition) is 3. The summed E-state index contributed by atoms with van der Waals surface area (Å²) < 4.78 is 0. The van der Waals surface area contributed by atoms with Crippen LogP contribution < -0.4 is 26.5 Å². The molecule has 3 aromatic carbocycles. The van der Waals surface area contributed by atoms with Gasteiger partial charge in [-0.15, -0.1) is 0 Å². The van der Waals surface area contributed by atoms with E-state index in [2.05, 4.69) is 34.3 Å². The third-order valence-electron chi connectivity index (χ3n) is 7.12. The van der Waals surface area contributed by atoms with Crippen LogP contribution in [0.4, 0.5) is 5.69 Å². The molecule has 1 saturated heterocycles. The highest BCUT2D eigenvalue weighted by Crippen LogP contribution is 2.30. The van der Waals surface area contributed by atoms with Crippen molar-refractivity contribution in [3.05, 3.63) is 92.4 Å². The van der Waals surface area contributed by atoms with Crippen LogP contribution in [0.5, 0.6) is 5.88 Å². The molecule has 6 nitrogen and oxygen atoms in total. The minimum atomic E-state index is 0.147. The Kier molecular flexibility index (Phi) is 5.99. The maximum Gasteiger partial charge on any atom is 0.196 e. The van der Waals surface area contributed by atoms with Gasteiger partial charge in [-0.05, 0) is 67.1 Å². The molecule has 1 aromatic heterocycles. The average Bonchev–Trinajstić information content (AvgIpc) is 3.45. The van der Waals surface area contributed by atoms with Gasteiger partial charge in [0.05, 0.1) is 10.7 Å². The van der Waals surface area contributed by atoms with Crippen LogP contribution in [-0.4, -0.2) is 40.7 Å². The van der Waals surface area contributed by atoms with Crippen LogP contribution in [-0.2, 0) is 0 Å². The standard InChI is InChI=1S/C29H28ClN5O/c1-2-35-13-11-20(12-14-35)31-21-8-10-25-23(17-21)24(29(36)34-25)15-18-5-3-4-6-22(18)28-32-26-9-7-19(30)16-27(26)33-28/h3-10,15-17,20,31,34,36H,2,11-14H2,1H3. The molecule has 36 heavy (non-hydrogen) atoms. The molecule has 0 radical (unpaired) electrons. The van der Waals surface area contributed by atoms with Crippen LogP contribution in [0.15, 0.2) is 70.6 Å². The van der Waals surface area contributed by atoms with Crippen LogP contribution in [0.25, 0.3) is 22.8 Å². The van der Waals surface area contributed by atoms with Gasteiger partial charge in [0.1, 0.15) is 0 Å². The third kappa shape index (κ3) is 4.38. The summed E-state index contributed by atoms with van der Waals surface area (Å²) in [5.41, 5.74) is 2.72. The van der Waals surface area contributed by atoms with Crippen LogP contribution in [0.1, 0.15) is 25.3 Å². The number of H-pyrrole nitrogens is 1. The zero-order valence-electron chi connectivity index (χ0n) is 20.1. The van der Waals surface area contributed by atoms with Gasteiger partial charge in [-0.25, -0.2) is 9.98 Å². The Hall–Kier alpha value is -3.61. The molecule has 182 valence electrons. The van der Waals surface area contributed by atoms with Gasteiger partial charge in [0.25, 0.3) is 0 Å². The van der Waals surface area contributed by atoms with E-state index >= 15 is 0 Å². The van der Waals surface area contributed by atoms with Gasteiger partial charge in [-0.3, -0.25) is 0 Å². The molecule has 0 unspecified atom stereocenters. The normalized spacial score (nSPS) is 18.2. The number of piperidine rings is 1. The van der Waals surface area contributed by atoms with Crippen molar-refractivity contribution in [1.82, 2.24) is 9.88 Å². The largest absolute Gasteiger partial charge is 0.494 e. The number of rotatable bonds is 4. The van der Waals surface area contributed by atoms with Gasteiger partial charge in [-0.1, -0.05) is 42.8 Å². The van der Waals surface area contributed by atoms with Crippen LogP contribution in [0.2, 0.25) is 5.02 Å². The summed E-state index contributed by atoms with van der Waals surface area (Å²) in [6.07, 6.45) is 4.27. The zero-order valence-corrected chi connectivity index (χ0v) is 20.9. The smallest absolute Gasteiger partial charge is 0.196 e. The summed E-state index contributed by atoms with van der Waals surface area (Å²) in [4.78, 5) is 15.0. The highest BCUT2D eigenvalue weighted by Gasteiger charge is 2.18. The monoisotopic (exact) mass is 497 g/mol. The number of halogens is 1. The number of hydrogen-bond acceptors (Lipinski definition) is 5. The Morgan fingerprint density at radius 1 is 1.06 bits per heavy atom. The Labute approximate surface area is 214 Å². The number of aromatic nitrogens is 1. The lowest BCUT2D eigenvalue weighted by Gasteiger charge is -2.32. The molecule has 0 saturated carbocycles. The molecule has 0 atom stereocenters. The number of aromatic hydroxyl groups is 1. The van der Waals surface area contributed by atoms with Crippen LogP contribution in [0, 0.1) is 0 Å². The molecular formula is C29H28ClN5O. The Morgan fingerprint density at radius 2 is 1.86 bits per heavy atom. The number of nitrogens with one attached hydrogen (secondary N) is 2. The van der Waals surface area contributed by atoms with E-state index in [0.29, 0.717) is 16.9 Å². The van der Waals surface area contributed by atoms with Crippen molar-refractivity contribution in [3.63, 3.8) is 0 Å². The molecule has 7 heteroatoms. The molecule has 0 bridgehead atoms. The molecule has 4 aromatic rings. The van der Waals surface area contributed by atoms with Crippen molar-refractivity contribution in [2.45, 2.75) is 25.8 Å². The number of aromatic amines is 1. The first kappa shape index (κ1) is 22.8. The first-order valence-electron chi connectivity index (χ1n) is 12.4. The van der Waals surface area contributed by atoms with Gasteiger partial charge in [0.15, 0.2) is 11.7 Å². The molecule has 3 heterocycles. The van der Waals surface area contributed by atoms with Crippen molar-refractivity contribution in [2.75, 3.05) is 25.0 Å². The predicted molar refractivity (Wildman–Crippen MR) is 145 cm³/mol. The second kappa shape index (κ2) is 9.45. The van der Waals surface area contributed by atoms with E-state index in [1.165, 1.54) is 0 Å². The summed E-state index contributed by atoms with van der Waals surface area (Å²) in [5, 5.41) is 19.5. The maximum atomic E-state index is 10.8. The summed E-state index contributed by atoms with van der Waals surface area (Å²) in [7, 11) is 0. The van der Waals surface area contributed by atoms with Crippen molar-refractivity contribution in [3.8, 4) is 5.88 Å². The van der Waals surface area contributed by atoms with E-state index in [9.17, 15) is 5.11 Å². The number of likely N-dealkylation sites (tertiary alicyclic amines) is 1. The van der Waals surface area contributed by atoms with E-state index in [-0.39, 0.29) is 5.88 Å². The number of nitrogens with zero attached hydrogens (tertiary/aromatic N) is 3. The second-order valence-electron chi connectivity index (χ2n) is 9.41. The zero-order chi connectivity index (χ0) is 24.6. The first-order valence-corrected chi connectivity index (χ1v) is 12.8. The van der Waals surface area contributed by atoms with Gasteiger partial charge in [-0.2, -0.15) is 0 Å². The van der Waals surface area contributed by atoms with E-state index in [4.69, 9.17) is 21.6 Å². The number of fused-ring (bicyclic) bond motifs is 2. The summed E-state index contributed by atoms with van der Waals surface area (Å²) >= 11 is 6.15. The molecule has 2 aliphatic heterocycles. The Morgan fingerprint density at radius 3 is 2.69 bits per heavy atom. The predicted octanol–water partition coefficient (Wildman–Crippen LogP) is 3.27. The number of benzene rings is 3. The number of anilines is 1. The Bertz CT molecular complexity index is 1700. The van der Waals surface area contributed by atoms with E-state index < -0.39 is 0 Å². The summed E-state index contributed by atoms with van der Waals surface area (Å²) in [6.45, 7) is 5.59. The molecule has 0 spiro atoms.